The third-order valence-corrected chi connectivity index (χ3v) is 6.18. The van der Waals surface area contributed by atoms with Gasteiger partial charge in [0.1, 0.15) is 5.75 Å². The van der Waals surface area contributed by atoms with Crippen LogP contribution in [-0.4, -0.2) is 33.5 Å². The first-order valence-corrected chi connectivity index (χ1v) is 12.1. The van der Waals surface area contributed by atoms with E-state index in [-0.39, 0.29) is 10.5 Å². The summed E-state index contributed by atoms with van der Waals surface area (Å²) in [6.45, 7) is 5.21. The lowest BCUT2D eigenvalue weighted by molar-refractivity contribution is -0.119. The SMILES string of the molecule is CCOc1ccccc1NC(=O)COC(=O)c1cc(S(=O)(=O)Nc2cccc(C)c2)ccc1C. The van der Waals surface area contributed by atoms with Crippen LogP contribution < -0.4 is 14.8 Å². The minimum absolute atomic E-state index is 0.0506. The lowest BCUT2D eigenvalue weighted by atomic mass is 10.1. The Hall–Kier alpha value is -3.85. The summed E-state index contributed by atoms with van der Waals surface area (Å²) < 4.78 is 38.7. The quantitative estimate of drug-likeness (QED) is 0.440. The Labute approximate surface area is 199 Å². The summed E-state index contributed by atoms with van der Waals surface area (Å²) in [4.78, 5) is 24.8. The molecule has 3 rings (SSSR count). The summed E-state index contributed by atoms with van der Waals surface area (Å²) in [7, 11) is -3.94. The van der Waals surface area contributed by atoms with Crippen molar-refractivity contribution >= 4 is 33.3 Å². The van der Waals surface area contributed by atoms with Crippen LogP contribution in [0.4, 0.5) is 11.4 Å². The second-order valence-electron chi connectivity index (χ2n) is 7.51. The number of rotatable bonds is 9. The number of esters is 1. The molecule has 0 atom stereocenters. The number of nitrogens with one attached hydrogen (secondary N) is 2. The Morgan fingerprint density at radius 3 is 2.44 bits per heavy atom. The zero-order chi connectivity index (χ0) is 24.7. The van der Waals surface area contributed by atoms with Gasteiger partial charge >= 0.3 is 5.97 Å². The molecule has 3 aromatic carbocycles. The van der Waals surface area contributed by atoms with Crippen LogP contribution >= 0.6 is 0 Å². The molecule has 0 bridgehead atoms. The van der Waals surface area contributed by atoms with Crippen molar-refractivity contribution in [2.75, 3.05) is 23.3 Å². The number of hydrogen-bond donors (Lipinski definition) is 2. The van der Waals surface area contributed by atoms with Gasteiger partial charge in [0.25, 0.3) is 15.9 Å². The van der Waals surface area contributed by atoms with Crippen molar-refractivity contribution in [3.05, 3.63) is 83.4 Å². The number of amides is 1. The van der Waals surface area contributed by atoms with Crippen LogP contribution in [0.1, 0.15) is 28.4 Å². The van der Waals surface area contributed by atoms with Crippen LogP contribution in [0.5, 0.6) is 5.75 Å². The molecule has 3 aromatic rings. The van der Waals surface area contributed by atoms with E-state index in [1.54, 1.807) is 49.4 Å². The average molecular weight is 483 g/mol. The highest BCUT2D eigenvalue weighted by atomic mass is 32.2. The predicted octanol–water partition coefficient (Wildman–Crippen LogP) is 4.30. The molecule has 0 unspecified atom stereocenters. The first kappa shape index (κ1) is 24.8. The number of carbonyl (C=O) groups excluding carboxylic acids is 2. The van der Waals surface area contributed by atoms with Crippen molar-refractivity contribution < 1.29 is 27.5 Å². The Balaban J connectivity index is 1.69. The van der Waals surface area contributed by atoms with Gasteiger partial charge in [-0.1, -0.05) is 30.3 Å². The van der Waals surface area contributed by atoms with Crippen LogP contribution in [0.25, 0.3) is 0 Å². The maximum absolute atomic E-state index is 12.8. The monoisotopic (exact) mass is 482 g/mol. The Morgan fingerprint density at radius 1 is 0.941 bits per heavy atom. The van der Waals surface area contributed by atoms with Gasteiger partial charge in [-0.3, -0.25) is 9.52 Å². The van der Waals surface area contributed by atoms with E-state index in [0.29, 0.717) is 29.3 Å². The largest absolute Gasteiger partial charge is 0.492 e. The van der Waals surface area contributed by atoms with Gasteiger partial charge in [-0.15, -0.1) is 0 Å². The van der Waals surface area contributed by atoms with Gasteiger partial charge in [0, 0.05) is 5.69 Å². The molecule has 0 saturated carbocycles. The van der Waals surface area contributed by atoms with Gasteiger partial charge in [0.15, 0.2) is 6.61 Å². The molecular formula is C25H26N2O6S. The molecule has 0 aliphatic heterocycles. The van der Waals surface area contributed by atoms with Crippen LogP contribution in [0.2, 0.25) is 0 Å². The molecule has 0 radical (unpaired) electrons. The van der Waals surface area contributed by atoms with E-state index >= 15 is 0 Å². The van der Waals surface area contributed by atoms with Gasteiger partial charge in [0.2, 0.25) is 0 Å². The van der Waals surface area contributed by atoms with Crippen LogP contribution in [-0.2, 0) is 19.6 Å². The summed E-state index contributed by atoms with van der Waals surface area (Å²) in [5, 5.41) is 2.64. The van der Waals surface area contributed by atoms with Crippen LogP contribution in [0, 0.1) is 13.8 Å². The summed E-state index contributed by atoms with van der Waals surface area (Å²) in [6, 6.07) is 18.0. The first-order valence-electron chi connectivity index (χ1n) is 10.6. The number of hydrogen-bond acceptors (Lipinski definition) is 6. The molecule has 178 valence electrons. The highest BCUT2D eigenvalue weighted by Crippen LogP contribution is 2.24. The molecule has 1 amide bonds. The van der Waals surface area contributed by atoms with Gasteiger partial charge in [-0.2, -0.15) is 0 Å². The van der Waals surface area contributed by atoms with E-state index in [4.69, 9.17) is 9.47 Å². The van der Waals surface area contributed by atoms with Crippen LogP contribution in [0.3, 0.4) is 0 Å². The highest BCUT2D eigenvalue weighted by Gasteiger charge is 2.20. The van der Waals surface area contributed by atoms with E-state index < -0.39 is 28.5 Å². The molecule has 9 heteroatoms. The number of para-hydroxylation sites is 2. The number of ether oxygens (including phenoxy) is 2. The number of sulfonamides is 1. The minimum atomic E-state index is -3.94. The molecule has 8 nitrogen and oxygen atoms in total. The second kappa shape index (κ2) is 10.8. The zero-order valence-corrected chi connectivity index (χ0v) is 19.9. The standard InChI is InChI=1S/C25H26N2O6S/c1-4-32-23-11-6-5-10-22(23)26-24(28)16-33-25(29)21-15-20(13-12-18(21)3)34(30,31)27-19-9-7-8-17(2)14-19/h5-15,27H,4,16H2,1-3H3,(H,26,28). The van der Waals surface area contributed by atoms with Gasteiger partial charge in [-0.25, -0.2) is 13.2 Å². The molecule has 0 aromatic heterocycles. The van der Waals surface area contributed by atoms with Crippen molar-refractivity contribution in [1.82, 2.24) is 0 Å². The van der Waals surface area contributed by atoms with Crippen molar-refractivity contribution in [3.8, 4) is 5.75 Å². The fourth-order valence-electron chi connectivity index (χ4n) is 3.16. The normalized spacial score (nSPS) is 10.9. The topological polar surface area (TPSA) is 111 Å². The van der Waals surface area contributed by atoms with Crippen LogP contribution in [0.15, 0.2) is 71.6 Å². The second-order valence-corrected chi connectivity index (χ2v) is 9.19. The summed E-state index contributed by atoms with van der Waals surface area (Å²) in [5.41, 5.74) is 2.33. The molecule has 0 spiro atoms. The zero-order valence-electron chi connectivity index (χ0n) is 19.1. The maximum atomic E-state index is 12.8. The molecule has 0 heterocycles. The Morgan fingerprint density at radius 2 is 1.71 bits per heavy atom. The fourth-order valence-corrected chi connectivity index (χ4v) is 4.23. The minimum Gasteiger partial charge on any atom is -0.492 e. The Bertz CT molecular complexity index is 1300. The lowest BCUT2D eigenvalue weighted by Crippen LogP contribution is -2.22. The maximum Gasteiger partial charge on any atom is 0.338 e. The van der Waals surface area contributed by atoms with E-state index in [9.17, 15) is 18.0 Å². The third kappa shape index (κ3) is 6.35. The highest BCUT2D eigenvalue weighted by molar-refractivity contribution is 7.92. The lowest BCUT2D eigenvalue weighted by Gasteiger charge is -2.13. The number of aryl methyl sites for hydroxylation is 2. The molecule has 34 heavy (non-hydrogen) atoms. The molecule has 0 fully saturated rings. The van der Waals surface area contributed by atoms with E-state index in [0.717, 1.165) is 5.56 Å². The molecule has 0 saturated heterocycles. The molecule has 0 aliphatic rings. The number of anilines is 2. The summed E-state index contributed by atoms with van der Waals surface area (Å²) in [5.74, 6) is -0.860. The first-order chi connectivity index (χ1) is 16.2. The van der Waals surface area contributed by atoms with Crippen molar-refractivity contribution in [1.29, 1.82) is 0 Å². The van der Waals surface area contributed by atoms with E-state index in [1.807, 2.05) is 19.9 Å². The van der Waals surface area contributed by atoms with Gasteiger partial charge in [0.05, 0.1) is 22.8 Å². The Kier molecular flexibility index (Phi) is 7.91. The predicted molar refractivity (Wildman–Crippen MR) is 130 cm³/mol. The van der Waals surface area contributed by atoms with Crippen molar-refractivity contribution in [2.45, 2.75) is 25.7 Å². The molecule has 0 aliphatic carbocycles. The third-order valence-electron chi connectivity index (χ3n) is 4.80. The van der Waals surface area contributed by atoms with E-state index in [2.05, 4.69) is 10.0 Å². The van der Waals surface area contributed by atoms with Gasteiger partial charge < -0.3 is 14.8 Å². The smallest absolute Gasteiger partial charge is 0.338 e. The summed E-state index contributed by atoms with van der Waals surface area (Å²) >= 11 is 0. The van der Waals surface area contributed by atoms with Crippen molar-refractivity contribution in [2.24, 2.45) is 0 Å². The number of carbonyl (C=O) groups is 2. The molecule has 2 N–H and O–H groups in total. The van der Waals surface area contributed by atoms with E-state index in [1.165, 1.54) is 18.2 Å². The van der Waals surface area contributed by atoms with Crippen molar-refractivity contribution in [3.63, 3.8) is 0 Å². The fraction of sp³-hybridized carbons (Fsp3) is 0.200. The molecular weight excluding hydrogens is 456 g/mol. The average Bonchev–Trinajstić information content (AvgIpc) is 2.79. The number of benzene rings is 3. The van der Waals surface area contributed by atoms with Gasteiger partial charge in [-0.05, 0) is 68.3 Å². The summed E-state index contributed by atoms with van der Waals surface area (Å²) in [6.07, 6.45) is 0.